The van der Waals surface area contributed by atoms with E-state index in [1.165, 1.54) is 20.0 Å². The average molecular weight is 427 g/mol. The van der Waals surface area contributed by atoms with Gasteiger partial charge in [0.15, 0.2) is 18.1 Å². The van der Waals surface area contributed by atoms with Crippen LogP contribution in [0.3, 0.4) is 0 Å². The van der Waals surface area contributed by atoms with Gasteiger partial charge in [0.05, 0.1) is 19.9 Å². The number of anilines is 1. The minimum Gasteiger partial charge on any atom is -0.495 e. The molecule has 1 aliphatic rings. The summed E-state index contributed by atoms with van der Waals surface area (Å²) in [6.45, 7) is -0.206. The zero-order valence-corrected chi connectivity index (χ0v) is 18.1. The second-order valence-electron chi connectivity index (χ2n) is 7.56. The summed E-state index contributed by atoms with van der Waals surface area (Å²) in [4.78, 5) is 24.9. The summed E-state index contributed by atoms with van der Waals surface area (Å²) in [5.41, 5.74) is 1.07. The van der Waals surface area contributed by atoms with Gasteiger partial charge in [-0.25, -0.2) is 0 Å². The van der Waals surface area contributed by atoms with Crippen LogP contribution in [0.1, 0.15) is 48.9 Å². The largest absolute Gasteiger partial charge is 0.495 e. The number of ether oxygens (including phenoxy) is 3. The third-order valence-electron chi connectivity index (χ3n) is 5.36. The van der Waals surface area contributed by atoms with E-state index in [1.807, 2.05) is 6.07 Å². The summed E-state index contributed by atoms with van der Waals surface area (Å²) in [5, 5.41) is 5.88. The normalized spacial score (nSPS) is 14.3. The van der Waals surface area contributed by atoms with Gasteiger partial charge < -0.3 is 24.8 Å². The number of carbonyl (C=O) groups excluding carboxylic acids is 2. The Morgan fingerprint density at radius 1 is 0.903 bits per heavy atom. The molecule has 0 unspecified atom stereocenters. The number of methoxy groups -OCH3 is 2. The number of hydrogen-bond acceptors (Lipinski definition) is 5. The van der Waals surface area contributed by atoms with Gasteiger partial charge in [0.2, 0.25) is 0 Å². The van der Waals surface area contributed by atoms with Crippen molar-refractivity contribution in [3.8, 4) is 17.2 Å². The molecule has 2 amide bonds. The summed E-state index contributed by atoms with van der Waals surface area (Å²) in [5.74, 6) is 0.909. The maximum absolute atomic E-state index is 12.7. The standard InChI is InChI=1S/C24H30N2O5/c1-29-20-12-8-7-11-19(20)26-23(27)16-31-21-14-13-17(15-22(21)30-2)24(28)25-18-9-5-3-4-6-10-18/h7-8,11-15,18H,3-6,9-10,16H2,1-2H3,(H,25,28)(H,26,27). The van der Waals surface area contributed by atoms with Crippen LogP contribution in [0.15, 0.2) is 42.5 Å². The van der Waals surface area contributed by atoms with Crippen molar-refractivity contribution in [1.29, 1.82) is 0 Å². The molecule has 1 saturated carbocycles. The fourth-order valence-corrected chi connectivity index (χ4v) is 3.70. The fraction of sp³-hybridized carbons (Fsp3) is 0.417. The summed E-state index contributed by atoms with van der Waals surface area (Å²) in [6.07, 6.45) is 6.81. The lowest BCUT2D eigenvalue weighted by molar-refractivity contribution is -0.118. The molecule has 31 heavy (non-hydrogen) atoms. The van der Waals surface area contributed by atoms with Crippen molar-refractivity contribution in [3.63, 3.8) is 0 Å². The molecule has 0 spiro atoms. The summed E-state index contributed by atoms with van der Waals surface area (Å²) in [6, 6.07) is 12.3. The lowest BCUT2D eigenvalue weighted by Crippen LogP contribution is -2.34. The Morgan fingerprint density at radius 3 is 2.32 bits per heavy atom. The summed E-state index contributed by atoms with van der Waals surface area (Å²) in [7, 11) is 3.05. The van der Waals surface area contributed by atoms with E-state index >= 15 is 0 Å². The van der Waals surface area contributed by atoms with Gasteiger partial charge >= 0.3 is 0 Å². The zero-order chi connectivity index (χ0) is 22.1. The minimum atomic E-state index is -0.332. The number of nitrogens with one attached hydrogen (secondary N) is 2. The van der Waals surface area contributed by atoms with Crippen molar-refractivity contribution in [2.45, 2.75) is 44.6 Å². The second kappa shape index (κ2) is 11.2. The van der Waals surface area contributed by atoms with E-state index in [-0.39, 0.29) is 24.5 Å². The number of rotatable bonds is 8. The molecule has 0 bridgehead atoms. The predicted octanol–water partition coefficient (Wildman–Crippen LogP) is 4.17. The van der Waals surface area contributed by atoms with Crippen LogP contribution in [-0.4, -0.2) is 38.7 Å². The van der Waals surface area contributed by atoms with Gasteiger partial charge in [0.1, 0.15) is 5.75 Å². The van der Waals surface area contributed by atoms with Crippen LogP contribution >= 0.6 is 0 Å². The molecule has 7 heteroatoms. The number of benzene rings is 2. The van der Waals surface area contributed by atoms with Gasteiger partial charge in [-0.15, -0.1) is 0 Å². The van der Waals surface area contributed by atoms with Crippen LogP contribution in [-0.2, 0) is 4.79 Å². The van der Waals surface area contributed by atoms with Crippen molar-refractivity contribution in [3.05, 3.63) is 48.0 Å². The topological polar surface area (TPSA) is 85.9 Å². The third-order valence-corrected chi connectivity index (χ3v) is 5.36. The Bertz CT molecular complexity index is 891. The van der Waals surface area contributed by atoms with E-state index in [0.29, 0.717) is 28.5 Å². The molecule has 166 valence electrons. The highest BCUT2D eigenvalue weighted by molar-refractivity contribution is 5.95. The molecule has 2 aromatic rings. The molecule has 0 aromatic heterocycles. The zero-order valence-electron chi connectivity index (χ0n) is 18.1. The summed E-state index contributed by atoms with van der Waals surface area (Å²) < 4.78 is 16.2. The molecule has 0 aliphatic heterocycles. The lowest BCUT2D eigenvalue weighted by Gasteiger charge is -2.17. The van der Waals surface area contributed by atoms with Gasteiger partial charge in [-0.05, 0) is 43.2 Å². The lowest BCUT2D eigenvalue weighted by atomic mass is 10.1. The first-order valence-electron chi connectivity index (χ1n) is 10.6. The molecule has 7 nitrogen and oxygen atoms in total. The average Bonchev–Trinajstić information content (AvgIpc) is 3.06. The van der Waals surface area contributed by atoms with E-state index in [9.17, 15) is 9.59 Å². The Balaban J connectivity index is 1.59. The molecule has 2 N–H and O–H groups in total. The molecule has 0 atom stereocenters. The Morgan fingerprint density at radius 2 is 1.61 bits per heavy atom. The molecule has 0 saturated heterocycles. The molecule has 1 fully saturated rings. The van der Waals surface area contributed by atoms with Crippen molar-refractivity contribution in [1.82, 2.24) is 5.32 Å². The second-order valence-corrected chi connectivity index (χ2v) is 7.56. The molecule has 0 heterocycles. The van der Waals surface area contributed by atoms with Gasteiger partial charge in [-0.2, -0.15) is 0 Å². The number of carbonyl (C=O) groups is 2. The first-order chi connectivity index (χ1) is 15.1. The van der Waals surface area contributed by atoms with Crippen LogP contribution < -0.4 is 24.8 Å². The van der Waals surface area contributed by atoms with E-state index < -0.39 is 0 Å². The monoisotopic (exact) mass is 426 g/mol. The van der Waals surface area contributed by atoms with Crippen LogP contribution in [0.5, 0.6) is 17.2 Å². The van der Waals surface area contributed by atoms with Crippen LogP contribution in [0.4, 0.5) is 5.69 Å². The van der Waals surface area contributed by atoms with Gasteiger partial charge in [0, 0.05) is 11.6 Å². The third kappa shape index (κ3) is 6.38. The van der Waals surface area contributed by atoms with Gasteiger partial charge in [-0.1, -0.05) is 37.8 Å². The Labute approximate surface area is 183 Å². The van der Waals surface area contributed by atoms with Crippen molar-refractivity contribution in [2.75, 3.05) is 26.1 Å². The number of hydrogen-bond donors (Lipinski definition) is 2. The maximum atomic E-state index is 12.7. The molecule has 0 radical (unpaired) electrons. The molecular weight excluding hydrogens is 396 g/mol. The molecule has 1 aliphatic carbocycles. The van der Waals surface area contributed by atoms with E-state index in [2.05, 4.69) is 10.6 Å². The first-order valence-corrected chi connectivity index (χ1v) is 10.6. The highest BCUT2D eigenvalue weighted by atomic mass is 16.5. The van der Waals surface area contributed by atoms with Crippen molar-refractivity contribution >= 4 is 17.5 Å². The van der Waals surface area contributed by atoms with Gasteiger partial charge in [0.25, 0.3) is 11.8 Å². The highest BCUT2D eigenvalue weighted by Crippen LogP contribution is 2.29. The van der Waals surface area contributed by atoms with Crippen LogP contribution in [0.25, 0.3) is 0 Å². The fourth-order valence-electron chi connectivity index (χ4n) is 3.70. The highest BCUT2D eigenvalue weighted by Gasteiger charge is 2.18. The van der Waals surface area contributed by atoms with Crippen LogP contribution in [0.2, 0.25) is 0 Å². The molecule has 2 aromatic carbocycles. The number of para-hydroxylation sites is 2. The van der Waals surface area contributed by atoms with Gasteiger partial charge in [-0.3, -0.25) is 9.59 Å². The van der Waals surface area contributed by atoms with Crippen molar-refractivity contribution < 1.29 is 23.8 Å². The first kappa shape index (κ1) is 22.5. The Hall–Kier alpha value is -3.22. The molecular formula is C24H30N2O5. The smallest absolute Gasteiger partial charge is 0.262 e. The van der Waals surface area contributed by atoms with Crippen LogP contribution in [0, 0.1) is 0 Å². The van der Waals surface area contributed by atoms with E-state index in [4.69, 9.17) is 14.2 Å². The predicted molar refractivity (Wildman–Crippen MR) is 119 cm³/mol. The molecule has 3 rings (SSSR count). The Kier molecular flexibility index (Phi) is 8.15. The van der Waals surface area contributed by atoms with E-state index in [0.717, 1.165) is 25.7 Å². The van der Waals surface area contributed by atoms with Crippen molar-refractivity contribution in [2.24, 2.45) is 0 Å². The maximum Gasteiger partial charge on any atom is 0.262 e. The SMILES string of the molecule is COc1ccccc1NC(=O)COc1ccc(C(=O)NC2CCCCCC2)cc1OC. The summed E-state index contributed by atoms with van der Waals surface area (Å²) >= 11 is 0. The number of amides is 2. The minimum absolute atomic E-state index is 0.120. The quantitative estimate of drug-likeness (QED) is 0.619. The van der Waals surface area contributed by atoms with E-state index in [1.54, 1.807) is 43.5 Å².